The Labute approximate surface area is 212 Å². The molecule has 33 heavy (non-hydrogen) atoms. The zero-order valence-corrected chi connectivity index (χ0v) is 21.4. The van der Waals surface area contributed by atoms with Gasteiger partial charge in [-0.1, -0.05) is 24.3 Å². The van der Waals surface area contributed by atoms with E-state index in [1.165, 1.54) is 28.8 Å². The van der Waals surface area contributed by atoms with Crippen molar-refractivity contribution in [1.29, 1.82) is 0 Å². The van der Waals surface area contributed by atoms with Crippen LogP contribution in [0.3, 0.4) is 0 Å². The molecule has 2 heterocycles. The van der Waals surface area contributed by atoms with Gasteiger partial charge >= 0.3 is 0 Å². The summed E-state index contributed by atoms with van der Waals surface area (Å²) in [6, 6.07) is 13.5. The van der Waals surface area contributed by atoms with Crippen molar-refractivity contribution in [2.24, 2.45) is 4.99 Å². The Morgan fingerprint density at radius 3 is 2.76 bits per heavy atom. The molecule has 0 unspecified atom stereocenters. The van der Waals surface area contributed by atoms with Crippen molar-refractivity contribution in [2.75, 3.05) is 39.4 Å². The molecular formula is C25H33FIN5O. The maximum absolute atomic E-state index is 13.4. The number of aromatic nitrogens is 1. The van der Waals surface area contributed by atoms with Crippen LogP contribution in [0.1, 0.15) is 23.6 Å². The first-order chi connectivity index (χ1) is 15.7. The van der Waals surface area contributed by atoms with E-state index in [9.17, 15) is 4.39 Å². The van der Waals surface area contributed by atoms with Crippen LogP contribution in [0.4, 0.5) is 4.39 Å². The van der Waals surface area contributed by atoms with Gasteiger partial charge in [-0.25, -0.2) is 9.38 Å². The fourth-order valence-corrected chi connectivity index (χ4v) is 4.04. The highest BCUT2D eigenvalue weighted by atomic mass is 127. The molecule has 1 saturated heterocycles. The molecular weight excluding hydrogens is 532 g/mol. The van der Waals surface area contributed by atoms with E-state index in [1.807, 2.05) is 12.3 Å². The van der Waals surface area contributed by atoms with Crippen molar-refractivity contribution in [3.8, 4) is 0 Å². The van der Waals surface area contributed by atoms with E-state index in [-0.39, 0.29) is 29.8 Å². The molecule has 178 valence electrons. The maximum atomic E-state index is 13.4. The van der Waals surface area contributed by atoms with Gasteiger partial charge in [-0.05, 0) is 48.2 Å². The van der Waals surface area contributed by atoms with Gasteiger partial charge in [0.2, 0.25) is 0 Å². The van der Waals surface area contributed by atoms with Gasteiger partial charge in [0.05, 0.1) is 19.8 Å². The molecule has 8 heteroatoms. The molecule has 0 saturated carbocycles. The predicted octanol–water partition coefficient (Wildman–Crippen LogP) is 4.06. The molecule has 1 fully saturated rings. The highest BCUT2D eigenvalue weighted by Crippen LogP contribution is 2.19. The topological polar surface area (TPSA) is 64.7 Å². The van der Waals surface area contributed by atoms with Gasteiger partial charge in [0, 0.05) is 49.8 Å². The zero-order valence-electron chi connectivity index (χ0n) is 19.1. The second kappa shape index (κ2) is 12.9. The van der Waals surface area contributed by atoms with Gasteiger partial charge in [-0.15, -0.1) is 24.0 Å². The van der Waals surface area contributed by atoms with Crippen LogP contribution in [-0.4, -0.2) is 55.2 Å². The van der Waals surface area contributed by atoms with E-state index in [1.54, 1.807) is 0 Å². The van der Waals surface area contributed by atoms with E-state index in [0.29, 0.717) is 6.54 Å². The lowest BCUT2D eigenvalue weighted by Crippen LogP contribution is -2.38. The number of ether oxygens (including phenoxy) is 1. The van der Waals surface area contributed by atoms with Crippen LogP contribution in [0.25, 0.3) is 10.9 Å². The Hall–Kier alpha value is -2.17. The number of hydrogen-bond donors (Lipinski definition) is 3. The minimum atomic E-state index is -0.223. The van der Waals surface area contributed by atoms with E-state index >= 15 is 0 Å². The molecule has 6 nitrogen and oxygen atoms in total. The lowest BCUT2D eigenvalue weighted by molar-refractivity contribution is 0.0342. The molecule has 0 amide bonds. The molecule has 1 aliphatic heterocycles. The lowest BCUT2D eigenvalue weighted by atomic mass is 10.1. The number of H-pyrrole nitrogens is 1. The maximum Gasteiger partial charge on any atom is 0.191 e. The summed E-state index contributed by atoms with van der Waals surface area (Å²) < 4.78 is 18.8. The third-order valence-corrected chi connectivity index (χ3v) is 5.68. The summed E-state index contributed by atoms with van der Waals surface area (Å²) in [5.41, 5.74) is 4.51. The van der Waals surface area contributed by atoms with Gasteiger partial charge in [0.15, 0.2) is 5.96 Å². The summed E-state index contributed by atoms with van der Waals surface area (Å²) in [6.07, 6.45) is 2.78. The van der Waals surface area contributed by atoms with Crippen molar-refractivity contribution in [3.05, 3.63) is 71.2 Å². The zero-order chi connectivity index (χ0) is 22.2. The van der Waals surface area contributed by atoms with Gasteiger partial charge in [0.1, 0.15) is 5.82 Å². The number of nitrogens with one attached hydrogen (secondary N) is 3. The van der Waals surface area contributed by atoms with Gasteiger partial charge in [0.25, 0.3) is 0 Å². The molecule has 1 aromatic heterocycles. The SMILES string of the molecule is CCNC(=NCc1cccc(CN2CCOCC2)c1)NCCc1c[nH]c2cc(F)ccc12.I. The summed E-state index contributed by atoms with van der Waals surface area (Å²) in [6.45, 7) is 8.79. The van der Waals surface area contributed by atoms with Crippen LogP contribution < -0.4 is 10.6 Å². The number of aromatic amines is 1. The number of fused-ring (bicyclic) bond motifs is 1. The molecule has 0 bridgehead atoms. The van der Waals surface area contributed by atoms with Gasteiger partial charge in [-0.3, -0.25) is 4.90 Å². The largest absolute Gasteiger partial charge is 0.379 e. The molecule has 3 aromatic rings. The molecule has 0 atom stereocenters. The lowest BCUT2D eigenvalue weighted by Gasteiger charge is -2.26. The highest BCUT2D eigenvalue weighted by molar-refractivity contribution is 14.0. The molecule has 2 aromatic carbocycles. The van der Waals surface area contributed by atoms with E-state index < -0.39 is 0 Å². The van der Waals surface area contributed by atoms with Crippen LogP contribution in [0.5, 0.6) is 0 Å². The quantitative estimate of drug-likeness (QED) is 0.219. The van der Waals surface area contributed by atoms with Crippen molar-refractivity contribution in [1.82, 2.24) is 20.5 Å². The fourth-order valence-electron chi connectivity index (χ4n) is 4.04. The van der Waals surface area contributed by atoms with Gasteiger partial charge in [-0.2, -0.15) is 0 Å². The summed E-state index contributed by atoms with van der Waals surface area (Å²) in [4.78, 5) is 10.3. The number of guanidine groups is 1. The molecule has 3 N–H and O–H groups in total. The van der Waals surface area contributed by atoms with Crippen LogP contribution in [0, 0.1) is 5.82 Å². The average Bonchev–Trinajstić information content (AvgIpc) is 3.20. The predicted molar refractivity (Wildman–Crippen MR) is 143 cm³/mol. The number of halogens is 2. The molecule has 1 aliphatic rings. The van der Waals surface area contributed by atoms with Crippen molar-refractivity contribution < 1.29 is 9.13 Å². The third-order valence-electron chi connectivity index (χ3n) is 5.68. The van der Waals surface area contributed by atoms with Crippen LogP contribution in [0.15, 0.2) is 53.7 Å². The second-order valence-electron chi connectivity index (χ2n) is 8.08. The molecule has 0 aliphatic carbocycles. The summed E-state index contributed by atoms with van der Waals surface area (Å²) in [5.74, 6) is 0.580. The molecule has 0 radical (unpaired) electrons. The number of nitrogens with zero attached hydrogens (tertiary/aromatic N) is 2. The number of benzene rings is 2. The van der Waals surface area contributed by atoms with Crippen molar-refractivity contribution in [3.63, 3.8) is 0 Å². The summed E-state index contributed by atoms with van der Waals surface area (Å²) in [5, 5.41) is 7.79. The Kier molecular flexibility index (Phi) is 9.95. The monoisotopic (exact) mass is 565 g/mol. The Morgan fingerprint density at radius 2 is 1.94 bits per heavy atom. The van der Waals surface area contributed by atoms with Crippen molar-refractivity contribution >= 4 is 40.8 Å². The van der Waals surface area contributed by atoms with Gasteiger partial charge < -0.3 is 20.4 Å². The molecule has 4 rings (SSSR count). The molecule has 0 spiro atoms. The first kappa shape index (κ1) is 25.5. The third kappa shape index (κ3) is 7.41. The summed E-state index contributed by atoms with van der Waals surface area (Å²) in [7, 11) is 0. The van der Waals surface area contributed by atoms with Crippen molar-refractivity contribution in [2.45, 2.75) is 26.4 Å². The number of rotatable bonds is 8. The highest BCUT2D eigenvalue weighted by Gasteiger charge is 2.11. The Bertz CT molecular complexity index is 1050. The Morgan fingerprint density at radius 1 is 1.12 bits per heavy atom. The normalized spacial score (nSPS) is 14.8. The Balaban J connectivity index is 0.00000306. The smallest absolute Gasteiger partial charge is 0.191 e. The standard InChI is InChI=1S/C25H32FN5O.HI/c1-2-27-25(28-9-8-21-17-29-24-15-22(26)6-7-23(21)24)30-16-19-4-3-5-20(14-19)18-31-10-12-32-13-11-31;/h3-7,14-15,17,29H,2,8-13,16,18H2,1H3,(H2,27,28,30);1H. The number of morpholine rings is 1. The first-order valence-electron chi connectivity index (χ1n) is 11.4. The van der Waals surface area contributed by atoms with E-state index in [2.05, 4.69) is 51.7 Å². The number of hydrogen-bond acceptors (Lipinski definition) is 3. The minimum absolute atomic E-state index is 0. The van der Waals surface area contributed by atoms with Crippen LogP contribution in [0.2, 0.25) is 0 Å². The minimum Gasteiger partial charge on any atom is -0.379 e. The number of aliphatic imine (C=N–C) groups is 1. The van der Waals surface area contributed by atoms with E-state index in [4.69, 9.17) is 9.73 Å². The van der Waals surface area contributed by atoms with Crippen LogP contribution >= 0.6 is 24.0 Å². The average molecular weight is 565 g/mol. The summed E-state index contributed by atoms with van der Waals surface area (Å²) >= 11 is 0. The van der Waals surface area contributed by atoms with Crippen LogP contribution in [-0.2, 0) is 24.2 Å². The second-order valence-corrected chi connectivity index (χ2v) is 8.08. The fraction of sp³-hybridized carbons (Fsp3) is 0.400. The first-order valence-corrected chi connectivity index (χ1v) is 11.4. The van der Waals surface area contributed by atoms with E-state index in [0.717, 1.165) is 69.2 Å².